The van der Waals surface area contributed by atoms with Crippen molar-refractivity contribution in [2.45, 2.75) is 20.3 Å². The van der Waals surface area contributed by atoms with Crippen molar-refractivity contribution in [2.75, 3.05) is 11.9 Å². The highest BCUT2D eigenvalue weighted by atomic mass is 16.1. The summed E-state index contributed by atoms with van der Waals surface area (Å²) in [5.41, 5.74) is 5.21. The summed E-state index contributed by atoms with van der Waals surface area (Å²) in [7, 11) is 0. The second kappa shape index (κ2) is 8.30. The number of nitrogens with one attached hydrogen (secondary N) is 2. The molecule has 0 saturated heterocycles. The summed E-state index contributed by atoms with van der Waals surface area (Å²) in [5.74, 6) is 0.617. The van der Waals surface area contributed by atoms with Crippen molar-refractivity contribution >= 4 is 17.4 Å². The Morgan fingerprint density at radius 2 is 1.77 bits per heavy atom. The first kappa shape index (κ1) is 17.7. The lowest BCUT2D eigenvalue weighted by molar-refractivity contribution is 0.0954. The molecule has 2 N–H and O–H groups in total. The van der Waals surface area contributed by atoms with Crippen LogP contribution in [-0.2, 0) is 6.42 Å². The number of aromatic nitrogens is 1. The fourth-order valence-electron chi connectivity index (χ4n) is 2.69. The molecule has 4 heteroatoms. The van der Waals surface area contributed by atoms with E-state index in [0.29, 0.717) is 12.1 Å². The molecule has 1 heterocycles. The van der Waals surface area contributed by atoms with Gasteiger partial charge in [-0.2, -0.15) is 0 Å². The van der Waals surface area contributed by atoms with Gasteiger partial charge in [-0.25, -0.2) is 4.98 Å². The van der Waals surface area contributed by atoms with E-state index in [1.165, 1.54) is 16.7 Å². The normalized spacial score (nSPS) is 10.4. The molecule has 1 aromatic heterocycles. The second-order valence-corrected chi connectivity index (χ2v) is 6.30. The van der Waals surface area contributed by atoms with E-state index in [0.717, 1.165) is 17.9 Å². The lowest BCUT2D eigenvalue weighted by atomic mass is 10.1. The molecule has 26 heavy (non-hydrogen) atoms. The van der Waals surface area contributed by atoms with Gasteiger partial charge in [0.2, 0.25) is 0 Å². The molecule has 0 unspecified atom stereocenters. The van der Waals surface area contributed by atoms with Crippen molar-refractivity contribution in [3.63, 3.8) is 0 Å². The number of aryl methyl sites for hydroxylation is 1. The molecule has 132 valence electrons. The van der Waals surface area contributed by atoms with Gasteiger partial charge in [-0.3, -0.25) is 4.79 Å². The Balaban J connectivity index is 1.56. The van der Waals surface area contributed by atoms with E-state index in [1.54, 1.807) is 12.3 Å². The summed E-state index contributed by atoms with van der Waals surface area (Å²) in [4.78, 5) is 16.6. The van der Waals surface area contributed by atoms with Gasteiger partial charge in [0.05, 0.1) is 5.56 Å². The maximum absolute atomic E-state index is 12.2. The van der Waals surface area contributed by atoms with Crippen LogP contribution in [-0.4, -0.2) is 17.4 Å². The molecule has 0 radical (unpaired) electrons. The highest BCUT2D eigenvalue weighted by Crippen LogP contribution is 2.21. The van der Waals surface area contributed by atoms with Crippen LogP contribution in [0.25, 0.3) is 0 Å². The molecule has 3 rings (SSSR count). The highest BCUT2D eigenvalue weighted by molar-refractivity contribution is 5.94. The van der Waals surface area contributed by atoms with Crippen LogP contribution in [0, 0.1) is 13.8 Å². The first-order valence-electron chi connectivity index (χ1n) is 8.75. The minimum atomic E-state index is -0.105. The molecule has 3 aromatic rings. The topological polar surface area (TPSA) is 54.0 Å². The molecule has 0 aliphatic heterocycles. The predicted octanol–water partition coefficient (Wildman–Crippen LogP) is 4.41. The van der Waals surface area contributed by atoms with Crippen LogP contribution in [0.2, 0.25) is 0 Å². The fourth-order valence-corrected chi connectivity index (χ4v) is 2.69. The van der Waals surface area contributed by atoms with Crippen molar-refractivity contribution < 1.29 is 4.79 Å². The van der Waals surface area contributed by atoms with E-state index in [4.69, 9.17) is 0 Å². The maximum Gasteiger partial charge on any atom is 0.252 e. The molecule has 0 saturated carbocycles. The molecule has 0 atom stereocenters. The number of rotatable bonds is 6. The van der Waals surface area contributed by atoms with Crippen LogP contribution in [0.15, 0.2) is 66.9 Å². The van der Waals surface area contributed by atoms with Crippen LogP contribution in [0.1, 0.15) is 27.0 Å². The van der Waals surface area contributed by atoms with Crippen LogP contribution in [0.4, 0.5) is 11.5 Å². The van der Waals surface area contributed by atoms with E-state index in [1.807, 2.05) is 36.4 Å². The van der Waals surface area contributed by atoms with Gasteiger partial charge in [-0.05, 0) is 55.2 Å². The summed E-state index contributed by atoms with van der Waals surface area (Å²) in [6, 6.07) is 19.8. The minimum Gasteiger partial charge on any atom is -0.352 e. The Kier molecular flexibility index (Phi) is 5.64. The van der Waals surface area contributed by atoms with Gasteiger partial charge in [0, 0.05) is 18.4 Å². The molecule has 2 aromatic carbocycles. The standard InChI is InChI=1S/C22H23N3O/c1-16-7-6-10-20(17(16)2)25-21-12-11-19(15-24-21)22(26)23-14-13-18-8-4-3-5-9-18/h3-12,15H,13-14H2,1-2H3,(H,23,26)(H,24,25). The van der Waals surface area contributed by atoms with Crippen LogP contribution in [0.3, 0.4) is 0 Å². The third-order valence-corrected chi connectivity index (χ3v) is 4.44. The van der Waals surface area contributed by atoms with Crippen molar-refractivity contribution in [1.82, 2.24) is 10.3 Å². The van der Waals surface area contributed by atoms with Gasteiger partial charge < -0.3 is 10.6 Å². The van der Waals surface area contributed by atoms with Gasteiger partial charge >= 0.3 is 0 Å². The van der Waals surface area contributed by atoms with E-state index in [-0.39, 0.29) is 5.91 Å². The van der Waals surface area contributed by atoms with Crippen molar-refractivity contribution in [2.24, 2.45) is 0 Å². The molecular weight excluding hydrogens is 322 g/mol. The Morgan fingerprint density at radius 3 is 2.50 bits per heavy atom. The number of nitrogens with zero attached hydrogens (tertiary/aromatic N) is 1. The first-order chi connectivity index (χ1) is 12.6. The Hall–Kier alpha value is -3.14. The summed E-state index contributed by atoms with van der Waals surface area (Å²) in [6.07, 6.45) is 2.41. The fraction of sp³-hybridized carbons (Fsp3) is 0.182. The number of hydrogen-bond acceptors (Lipinski definition) is 3. The average molecular weight is 345 g/mol. The van der Waals surface area contributed by atoms with Gasteiger partial charge in [-0.1, -0.05) is 42.5 Å². The number of pyridine rings is 1. The predicted molar refractivity (Wildman–Crippen MR) is 106 cm³/mol. The quantitative estimate of drug-likeness (QED) is 0.695. The molecule has 4 nitrogen and oxygen atoms in total. The van der Waals surface area contributed by atoms with E-state index < -0.39 is 0 Å². The minimum absolute atomic E-state index is 0.105. The number of carbonyl (C=O) groups excluding carboxylic acids is 1. The van der Waals surface area contributed by atoms with E-state index in [2.05, 4.69) is 47.7 Å². The summed E-state index contributed by atoms with van der Waals surface area (Å²) in [5, 5.41) is 6.23. The summed E-state index contributed by atoms with van der Waals surface area (Å²) >= 11 is 0. The van der Waals surface area contributed by atoms with Gasteiger partial charge in [-0.15, -0.1) is 0 Å². The third kappa shape index (κ3) is 4.48. The van der Waals surface area contributed by atoms with Crippen molar-refractivity contribution in [3.05, 3.63) is 89.1 Å². The van der Waals surface area contributed by atoms with Crippen molar-refractivity contribution in [3.8, 4) is 0 Å². The number of amides is 1. The monoisotopic (exact) mass is 345 g/mol. The molecule has 0 aliphatic carbocycles. The molecule has 0 aliphatic rings. The molecular formula is C22H23N3O. The zero-order valence-corrected chi connectivity index (χ0v) is 15.1. The zero-order chi connectivity index (χ0) is 18.4. The van der Waals surface area contributed by atoms with Crippen LogP contribution < -0.4 is 10.6 Å². The summed E-state index contributed by atoms with van der Waals surface area (Å²) in [6.45, 7) is 4.76. The average Bonchev–Trinajstić information content (AvgIpc) is 2.67. The maximum atomic E-state index is 12.2. The Labute approximate surface area is 154 Å². The highest BCUT2D eigenvalue weighted by Gasteiger charge is 2.07. The molecule has 0 bridgehead atoms. The number of anilines is 2. The van der Waals surface area contributed by atoms with Crippen LogP contribution >= 0.6 is 0 Å². The van der Waals surface area contributed by atoms with Gasteiger partial charge in [0.1, 0.15) is 5.82 Å². The van der Waals surface area contributed by atoms with Crippen molar-refractivity contribution in [1.29, 1.82) is 0 Å². The Morgan fingerprint density at radius 1 is 0.962 bits per heavy atom. The Bertz CT molecular complexity index is 874. The SMILES string of the molecule is Cc1cccc(Nc2ccc(C(=O)NCCc3ccccc3)cn2)c1C. The van der Waals surface area contributed by atoms with Gasteiger partial charge in [0.25, 0.3) is 5.91 Å². The number of benzene rings is 2. The smallest absolute Gasteiger partial charge is 0.252 e. The lowest BCUT2D eigenvalue weighted by Gasteiger charge is -2.11. The van der Waals surface area contributed by atoms with Crippen LogP contribution in [0.5, 0.6) is 0 Å². The number of carbonyl (C=O) groups is 1. The third-order valence-electron chi connectivity index (χ3n) is 4.44. The molecule has 0 fully saturated rings. The van der Waals surface area contributed by atoms with Gasteiger partial charge in [0.15, 0.2) is 0 Å². The summed E-state index contributed by atoms with van der Waals surface area (Å²) < 4.78 is 0. The number of hydrogen-bond donors (Lipinski definition) is 2. The molecule has 0 spiro atoms. The lowest BCUT2D eigenvalue weighted by Crippen LogP contribution is -2.25. The largest absolute Gasteiger partial charge is 0.352 e. The van der Waals surface area contributed by atoms with E-state index in [9.17, 15) is 4.79 Å². The van der Waals surface area contributed by atoms with E-state index >= 15 is 0 Å². The zero-order valence-electron chi connectivity index (χ0n) is 15.1. The molecule has 1 amide bonds. The second-order valence-electron chi connectivity index (χ2n) is 6.30. The first-order valence-corrected chi connectivity index (χ1v) is 8.75.